The van der Waals surface area contributed by atoms with Gasteiger partial charge < -0.3 is 15.1 Å². The van der Waals surface area contributed by atoms with Crippen LogP contribution in [0, 0.1) is 6.92 Å². The van der Waals surface area contributed by atoms with Gasteiger partial charge in [0, 0.05) is 24.2 Å². The predicted octanol–water partition coefficient (Wildman–Crippen LogP) is 2.60. The van der Waals surface area contributed by atoms with Crippen LogP contribution in [0.2, 0.25) is 0 Å². The van der Waals surface area contributed by atoms with Crippen LogP contribution in [0.25, 0.3) is 0 Å². The summed E-state index contributed by atoms with van der Waals surface area (Å²) in [6, 6.07) is 10.3. The van der Waals surface area contributed by atoms with Gasteiger partial charge in [-0.15, -0.1) is 0 Å². The van der Waals surface area contributed by atoms with Gasteiger partial charge in [-0.25, -0.2) is 0 Å². The molecule has 4 nitrogen and oxygen atoms in total. The van der Waals surface area contributed by atoms with Crippen molar-refractivity contribution in [1.82, 2.24) is 4.90 Å². The summed E-state index contributed by atoms with van der Waals surface area (Å²) < 4.78 is 0. The molecule has 2 N–H and O–H groups in total. The number of carbonyl (C=O) groups excluding carboxylic acids is 1. The molecule has 2 aromatic rings. The van der Waals surface area contributed by atoms with Gasteiger partial charge in [0.25, 0.3) is 5.91 Å². The highest BCUT2D eigenvalue weighted by atomic mass is 16.3. The fraction of sp³-hybridized carbons (Fsp3) is 0.235. The molecule has 4 heteroatoms. The van der Waals surface area contributed by atoms with Gasteiger partial charge in [-0.1, -0.05) is 12.1 Å². The number of carbonyl (C=O) groups is 1. The van der Waals surface area contributed by atoms with Crippen LogP contribution in [0.3, 0.4) is 0 Å². The summed E-state index contributed by atoms with van der Waals surface area (Å²) in [5, 5.41) is 19.3. The van der Waals surface area contributed by atoms with Crippen molar-refractivity contribution in [2.75, 3.05) is 6.54 Å². The maximum atomic E-state index is 12.6. The highest BCUT2D eigenvalue weighted by Crippen LogP contribution is 2.26. The van der Waals surface area contributed by atoms with Crippen molar-refractivity contribution in [2.24, 2.45) is 0 Å². The number of nitrogens with zero attached hydrogens (tertiary/aromatic N) is 1. The fourth-order valence-corrected chi connectivity index (χ4v) is 2.74. The molecular weight excluding hydrogens is 266 g/mol. The topological polar surface area (TPSA) is 60.8 Å². The molecule has 0 bridgehead atoms. The molecule has 1 heterocycles. The Morgan fingerprint density at radius 2 is 1.95 bits per heavy atom. The summed E-state index contributed by atoms with van der Waals surface area (Å²) >= 11 is 0. The number of phenolic OH excluding ortho intramolecular Hbond substituents is 2. The highest BCUT2D eigenvalue weighted by molar-refractivity contribution is 5.96. The zero-order valence-corrected chi connectivity index (χ0v) is 11.8. The van der Waals surface area contributed by atoms with Crippen LogP contribution >= 0.6 is 0 Å². The minimum Gasteiger partial charge on any atom is -0.508 e. The molecule has 0 saturated carbocycles. The standard InChI is InChI=1S/C17H17NO3/c1-11-15(3-2-4-16(11)20)17(21)18-8-7-12-5-6-14(19)9-13(12)10-18/h2-6,9,19-20H,7-8,10H2,1H3. The van der Waals surface area contributed by atoms with Crippen molar-refractivity contribution < 1.29 is 15.0 Å². The molecule has 108 valence electrons. The molecule has 3 rings (SSSR count). The molecule has 0 saturated heterocycles. The summed E-state index contributed by atoms with van der Waals surface area (Å²) in [6.07, 6.45) is 0.777. The van der Waals surface area contributed by atoms with Crippen LogP contribution in [0.5, 0.6) is 11.5 Å². The number of hydrogen-bond donors (Lipinski definition) is 2. The molecule has 1 aliphatic heterocycles. The summed E-state index contributed by atoms with van der Waals surface area (Å²) in [7, 11) is 0. The minimum atomic E-state index is -0.0857. The predicted molar refractivity (Wildman–Crippen MR) is 79.4 cm³/mol. The van der Waals surface area contributed by atoms with Crippen LogP contribution in [-0.4, -0.2) is 27.6 Å². The molecule has 21 heavy (non-hydrogen) atoms. The second-order valence-corrected chi connectivity index (χ2v) is 5.38. The normalized spacial score (nSPS) is 13.9. The van der Waals surface area contributed by atoms with E-state index in [4.69, 9.17) is 0 Å². The lowest BCUT2D eigenvalue weighted by atomic mass is 9.98. The van der Waals surface area contributed by atoms with E-state index in [-0.39, 0.29) is 17.4 Å². The summed E-state index contributed by atoms with van der Waals surface area (Å²) in [6.45, 7) is 2.87. The molecule has 0 aromatic heterocycles. The van der Waals surface area contributed by atoms with E-state index in [1.54, 1.807) is 42.2 Å². The number of aromatic hydroxyl groups is 2. The van der Waals surface area contributed by atoms with E-state index in [0.29, 0.717) is 24.2 Å². The van der Waals surface area contributed by atoms with Gasteiger partial charge in [-0.05, 0) is 48.7 Å². The molecule has 0 radical (unpaired) electrons. The van der Waals surface area contributed by atoms with Crippen LogP contribution in [0.1, 0.15) is 27.0 Å². The van der Waals surface area contributed by atoms with E-state index in [1.807, 2.05) is 6.07 Å². The van der Waals surface area contributed by atoms with E-state index in [9.17, 15) is 15.0 Å². The molecule has 2 aromatic carbocycles. The first-order chi connectivity index (χ1) is 10.1. The minimum absolute atomic E-state index is 0.0857. The first kappa shape index (κ1) is 13.5. The molecule has 0 atom stereocenters. The number of fused-ring (bicyclic) bond motifs is 1. The Morgan fingerprint density at radius 1 is 1.14 bits per heavy atom. The molecule has 0 unspecified atom stereocenters. The third-order valence-corrected chi connectivity index (χ3v) is 4.02. The second-order valence-electron chi connectivity index (χ2n) is 5.38. The van der Waals surface area contributed by atoms with Crippen molar-refractivity contribution in [3.8, 4) is 11.5 Å². The van der Waals surface area contributed by atoms with Crippen LogP contribution in [-0.2, 0) is 13.0 Å². The first-order valence-electron chi connectivity index (χ1n) is 6.95. The van der Waals surface area contributed by atoms with E-state index in [0.717, 1.165) is 12.0 Å². The molecule has 0 fully saturated rings. The van der Waals surface area contributed by atoms with E-state index in [1.165, 1.54) is 5.56 Å². The maximum absolute atomic E-state index is 12.6. The van der Waals surface area contributed by atoms with E-state index in [2.05, 4.69) is 0 Å². The number of rotatable bonds is 1. The zero-order valence-electron chi connectivity index (χ0n) is 11.8. The zero-order chi connectivity index (χ0) is 15.0. The maximum Gasteiger partial charge on any atom is 0.254 e. The smallest absolute Gasteiger partial charge is 0.254 e. The Bertz CT molecular complexity index is 709. The number of benzene rings is 2. The quantitative estimate of drug-likeness (QED) is 0.845. The average molecular weight is 283 g/mol. The Hall–Kier alpha value is -2.49. The summed E-state index contributed by atoms with van der Waals surface area (Å²) in [5.41, 5.74) is 3.28. The van der Waals surface area contributed by atoms with E-state index >= 15 is 0 Å². The van der Waals surface area contributed by atoms with Crippen molar-refractivity contribution >= 4 is 5.91 Å². The van der Waals surface area contributed by atoms with Gasteiger partial charge in [0.2, 0.25) is 0 Å². The molecule has 0 aliphatic carbocycles. The third kappa shape index (κ3) is 2.44. The number of hydrogen-bond acceptors (Lipinski definition) is 3. The van der Waals surface area contributed by atoms with Gasteiger partial charge in [0.05, 0.1) is 0 Å². The van der Waals surface area contributed by atoms with Gasteiger partial charge >= 0.3 is 0 Å². The van der Waals surface area contributed by atoms with Crippen LogP contribution < -0.4 is 0 Å². The highest BCUT2D eigenvalue weighted by Gasteiger charge is 2.23. The van der Waals surface area contributed by atoms with Crippen molar-refractivity contribution in [3.63, 3.8) is 0 Å². The lowest BCUT2D eigenvalue weighted by Crippen LogP contribution is -2.36. The SMILES string of the molecule is Cc1c(O)cccc1C(=O)N1CCc2ccc(O)cc2C1. The largest absolute Gasteiger partial charge is 0.508 e. The summed E-state index contributed by atoms with van der Waals surface area (Å²) in [4.78, 5) is 14.4. The Kier molecular flexibility index (Phi) is 3.29. The lowest BCUT2D eigenvalue weighted by molar-refractivity contribution is 0.0733. The Labute approximate surface area is 123 Å². The second kappa shape index (κ2) is 5.13. The van der Waals surface area contributed by atoms with Crippen molar-refractivity contribution in [3.05, 3.63) is 58.7 Å². The summed E-state index contributed by atoms with van der Waals surface area (Å²) in [5.74, 6) is 0.268. The third-order valence-electron chi connectivity index (χ3n) is 4.02. The van der Waals surface area contributed by atoms with E-state index < -0.39 is 0 Å². The fourth-order valence-electron chi connectivity index (χ4n) is 2.74. The van der Waals surface area contributed by atoms with Crippen molar-refractivity contribution in [1.29, 1.82) is 0 Å². The Balaban J connectivity index is 1.89. The lowest BCUT2D eigenvalue weighted by Gasteiger charge is -2.29. The van der Waals surface area contributed by atoms with Crippen molar-refractivity contribution in [2.45, 2.75) is 19.9 Å². The molecule has 0 spiro atoms. The number of phenols is 2. The van der Waals surface area contributed by atoms with Crippen LogP contribution in [0.4, 0.5) is 0 Å². The average Bonchev–Trinajstić information content (AvgIpc) is 2.48. The van der Waals surface area contributed by atoms with Crippen LogP contribution in [0.15, 0.2) is 36.4 Å². The van der Waals surface area contributed by atoms with Gasteiger partial charge in [0.15, 0.2) is 0 Å². The molecule has 1 aliphatic rings. The molecule has 1 amide bonds. The monoisotopic (exact) mass is 283 g/mol. The first-order valence-corrected chi connectivity index (χ1v) is 6.95. The van der Waals surface area contributed by atoms with Gasteiger partial charge in [-0.2, -0.15) is 0 Å². The van der Waals surface area contributed by atoms with Gasteiger partial charge in [0.1, 0.15) is 11.5 Å². The number of amides is 1. The molecular formula is C17H17NO3. The van der Waals surface area contributed by atoms with Gasteiger partial charge in [-0.3, -0.25) is 4.79 Å². The Morgan fingerprint density at radius 3 is 2.76 bits per heavy atom.